The Morgan fingerprint density at radius 3 is 2.46 bits per heavy atom. The Bertz CT molecular complexity index is 895. The van der Waals surface area contributed by atoms with Crippen LogP contribution in [0.4, 0.5) is 0 Å². The number of amidine groups is 1. The first-order valence-corrected chi connectivity index (χ1v) is 11.0. The highest BCUT2D eigenvalue weighted by Crippen LogP contribution is 2.64. The van der Waals surface area contributed by atoms with Crippen LogP contribution in [0.25, 0.3) is 6.08 Å². The van der Waals surface area contributed by atoms with Gasteiger partial charge in [-0.25, -0.2) is 0 Å². The smallest absolute Gasteiger partial charge is 0.264 e. The van der Waals surface area contributed by atoms with E-state index >= 15 is 0 Å². The number of carbonyl (C=O) groups is 1. The second kappa shape index (κ2) is 6.87. The first-order chi connectivity index (χ1) is 13.2. The van der Waals surface area contributed by atoms with Crippen molar-refractivity contribution < 1.29 is 4.79 Å². The number of benzene rings is 1. The van der Waals surface area contributed by atoms with E-state index in [-0.39, 0.29) is 16.7 Å². The molecule has 1 N–H and O–H groups in total. The average Bonchev–Trinajstić information content (AvgIpc) is 3.17. The van der Waals surface area contributed by atoms with Gasteiger partial charge in [-0.1, -0.05) is 58.9 Å². The molecule has 0 aromatic heterocycles. The van der Waals surface area contributed by atoms with Crippen LogP contribution in [0.1, 0.15) is 70.9 Å². The quantitative estimate of drug-likeness (QED) is 0.537. The molecule has 3 fully saturated rings. The number of amides is 1. The summed E-state index contributed by atoms with van der Waals surface area (Å²) in [5.74, 6) is 1.10. The van der Waals surface area contributed by atoms with Crippen LogP contribution in [0, 0.1) is 16.7 Å². The standard InChI is InChI=1S/C23H29N3OS/c1-14(2)16-8-6-15(7-9-16)12-18-20(27)24-21(28-18)26-25-19-13-17-10-11-23(19,5)22(17,3)4/h6-9,12,14,17H,10-11,13H2,1-5H3,(H,24,26,27)/b18-12+,25-19-/t17-,23-/m1/s1. The van der Waals surface area contributed by atoms with Crippen molar-refractivity contribution >= 4 is 34.6 Å². The lowest BCUT2D eigenvalue weighted by Crippen LogP contribution is -2.32. The molecule has 1 saturated heterocycles. The maximum atomic E-state index is 12.3. The molecule has 4 nitrogen and oxygen atoms in total. The summed E-state index contributed by atoms with van der Waals surface area (Å²) in [5, 5.41) is 12.4. The van der Waals surface area contributed by atoms with Gasteiger partial charge in [-0.3, -0.25) is 10.1 Å². The largest absolute Gasteiger partial charge is 0.299 e. The lowest BCUT2D eigenvalue weighted by Gasteiger charge is -2.34. The van der Waals surface area contributed by atoms with Crippen LogP contribution in [-0.2, 0) is 4.79 Å². The van der Waals surface area contributed by atoms with Crippen LogP contribution in [0.15, 0.2) is 39.4 Å². The van der Waals surface area contributed by atoms with E-state index in [9.17, 15) is 4.79 Å². The van der Waals surface area contributed by atoms with Crippen LogP contribution in [0.3, 0.4) is 0 Å². The first-order valence-electron chi connectivity index (χ1n) is 10.2. The maximum absolute atomic E-state index is 12.3. The van der Waals surface area contributed by atoms with Gasteiger partial charge < -0.3 is 0 Å². The summed E-state index contributed by atoms with van der Waals surface area (Å²) in [6.45, 7) is 11.4. The summed E-state index contributed by atoms with van der Waals surface area (Å²) in [6, 6.07) is 8.35. The van der Waals surface area contributed by atoms with Crippen molar-refractivity contribution in [3.63, 3.8) is 0 Å². The molecule has 2 saturated carbocycles. The van der Waals surface area contributed by atoms with Crippen molar-refractivity contribution in [2.45, 2.75) is 59.8 Å². The van der Waals surface area contributed by atoms with Crippen molar-refractivity contribution in [2.75, 3.05) is 0 Å². The number of thioether (sulfide) groups is 1. The predicted molar refractivity (Wildman–Crippen MR) is 118 cm³/mol. The second-order valence-electron chi connectivity index (χ2n) is 9.33. The molecule has 2 bridgehead atoms. The lowest BCUT2D eigenvalue weighted by atomic mass is 9.70. The Kier molecular flexibility index (Phi) is 4.77. The molecule has 2 aliphatic carbocycles. The zero-order valence-electron chi connectivity index (χ0n) is 17.4. The molecule has 148 valence electrons. The molecule has 2 atom stereocenters. The number of nitrogens with zero attached hydrogens (tertiary/aromatic N) is 2. The van der Waals surface area contributed by atoms with Crippen LogP contribution >= 0.6 is 11.8 Å². The van der Waals surface area contributed by atoms with Crippen molar-refractivity contribution in [3.05, 3.63) is 40.3 Å². The predicted octanol–water partition coefficient (Wildman–Crippen LogP) is 5.57. The maximum Gasteiger partial charge on any atom is 0.264 e. The van der Waals surface area contributed by atoms with Gasteiger partial charge in [-0.05, 0) is 65.5 Å². The van der Waals surface area contributed by atoms with E-state index in [0.29, 0.717) is 21.9 Å². The van der Waals surface area contributed by atoms with Gasteiger partial charge in [-0.2, -0.15) is 5.10 Å². The Hall–Kier alpha value is -1.88. The van der Waals surface area contributed by atoms with E-state index in [0.717, 1.165) is 12.0 Å². The highest BCUT2D eigenvalue weighted by atomic mass is 32.2. The number of hydrogen-bond donors (Lipinski definition) is 1. The monoisotopic (exact) mass is 395 g/mol. The van der Waals surface area contributed by atoms with Gasteiger partial charge in [0.1, 0.15) is 0 Å². The van der Waals surface area contributed by atoms with Crippen molar-refractivity contribution in [3.8, 4) is 0 Å². The molecule has 1 heterocycles. The van der Waals surface area contributed by atoms with Crippen LogP contribution in [0.2, 0.25) is 0 Å². The fourth-order valence-corrected chi connectivity index (χ4v) is 5.56. The molecular formula is C23H29N3OS. The molecule has 0 unspecified atom stereocenters. The third-order valence-corrected chi connectivity index (χ3v) is 8.23. The van der Waals surface area contributed by atoms with Gasteiger partial charge in [0.25, 0.3) is 5.91 Å². The molecular weight excluding hydrogens is 366 g/mol. The van der Waals surface area contributed by atoms with Crippen molar-refractivity contribution in [2.24, 2.45) is 27.0 Å². The van der Waals surface area contributed by atoms with Crippen LogP contribution in [-0.4, -0.2) is 16.8 Å². The van der Waals surface area contributed by atoms with Gasteiger partial charge in [0.05, 0.1) is 4.91 Å². The SMILES string of the molecule is CC(C)c1ccc(/C=C2/S/C(=N\N=C3\C[C@H]4CC[C@@]3(C)C4(C)C)NC2=O)cc1. The first kappa shape index (κ1) is 19.4. The zero-order valence-corrected chi connectivity index (χ0v) is 18.2. The third-order valence-electron chi connectivity index (χ3n) is 7.33. The Labute approximate surface area is 172 Å². The minimum atomic E-state index is -0.101. The van der Waals surface area contributed by atoms with Crippen LogP contribution in [0.5, 0.6) is 0 Å². The molecule has 1 amide bonds. The van der Waals surface area contributed by atoms with E-state index in [1.54, 1.807) is 0 Å². The number of rotatable bonds is 3. The van der Waals surface area contributed by atoms with Crippen LogP contribution < -0.4 is 5.32 Å². The number of nitrogens with one attached hydrogen (secondary N) is 1. The molecule has 3 aliphatic rings. The van der Waals surface area contributed by atoms with E-state index in [1.165, 1.54) is 35.9 Å². The summed E-state index contributed by atoms with van der Waals surface area (Å²) < 4.78 is 0. The van der Waals surface area contributed by atoms with Crippen molar-refractivity contribution in [1.82, 2.24) is 5.32 Å². The van der Waals surface area contributed by atoms with E-state index in [1.807, 2.05) is 6.08 Å². The highest BCUT2D eigenvalue weighted by molar-refractivity contribution is 8.18. The molecule has 1 aromatic rings. The molecule has 0 spiro atoms. The minimum Gasteiger partial charge on any atom is -0.299 e. The van der Waals surface area contributed by atoms with Crippen molar-refractivity contribution in [1.29, 1.82) is 0 Å². The topological polar surface area (TPSA) is 53.8 Å². The number of fused-ring (bicyclic) bond motifs is 2. The van der Waals surface area contributed by atoms with Gasteiger partial charge in [-0.15, -0.1) is 5.10 Å². The number of carbonyl (C=O) groups excluding carboxylic acids is 1. The zero-order chi connectivity index (χ0) is 20.1. The van der Waals surface area contributed by atoms with Gasteiger partial charge in [0.2, 0.25) is 0 Å². The fraction of sp³-hybridized carbons (Fsp3) is 0.522. The lowest BCUT2D eigenvalue weighted by molar-refractivity contribution is -0.115. The minimum absolute atomic E-state index is 0.101. The highest BCUT2D eigenvalue weighted by Gasteiger charge is 2.60. The van der Waals surface area contributed by atoms with Gasteiger partial charge in [0, 0.05) is 11.1 Å². The summed E-state index contributed by atoms with van der Waals surface area (Å²) in [7, 11) is 0. The van der Waals surface area contributed by atoms with Gasteiger partial charge >= 0.3 is 0 Å². The van der Waals surface area contributed by atoms with E-state index in [4.69, 9.17) is 0 Å². The molecule has 5 heteroatoms. The molecule has 1 aliphatic heterocycles. The number of hydrogen-bond acceptors (Lipinski definition) is 4. The molecule has 0 radical (unpaired) electrons. The summed E-state index contributed by atoms with van der Waals surface area (Å²) >= 11 is 1.37. The molecule has 4 rings (SSSR count). The summed E-state index contributed by atoms with van der Waals surface area (Å²) in [6.07, 6.45) is 5.42. The summed E-state index contributed by atoms with van der Waals surface area (Å²) in [4.78, 5) is 13.0. The average molecular weight is 396 g/mol. The second-order valence-corrected chi connectivity index (χ2v) is 10.4. The molecule has 28 heavy (non-hydrogen) atoms. The molecule has 1 aromatic carbocycles. The normalized spacial score (nSPS) is 32.9. The summed E-state index contributed by atoms with van der Waals surface area (Å²) in [5.41, 5.74) is 3.93. The van der Waals surface area contributed by atoms with E-state index in [2.05, 4.69) is 74.4 Å². The van der Waals surface area contributed by atoms with E-state index < -0.39 is 0 Å². The third kappa shape index (κ3) is 3.14. The Morgan fingerprint density at radius 2 is 1.89 bits per heavy atom. The Morgan fingerprint density at radius 1 is 1.18 bits per heavy atom. The van der Waals surface area contributed by atoms with Gasteiger partial charge in [0.15, 0.2) is 5.17 Å². The fourth-order valence-electron chi connectivity index (χ4n) is 4.79. The Balaban J connectivity index is 1.51.